The molecule has 0 spiro atoms. The van der Waals surface area contributed by atoms with Crippen molar-refractivity contribution in [1.29, 1.82) is 0 Å². The Morgan fingerprint density at radius 1 is 1.19 bits per heavy atom. The topological polar surface area (TPSA) is 30.5 Å². The molecule has 3 heteroatoms. The fourth-order valence-corrected chi connectivity index (χ4v) is 2.26. The first kappa shape index (κ1) is 9.97. The molecular weight excluding hydrogens is 202 g/mol. The van der Waals surface area contributed by atoms with Gasteiger partial charge in [-0.15, -0.1) is 0 Å². The summed E-state index contributed by atoms with van der Waals surface area (Å²) in [5.41, 5.74) is 2.71. The molecule has 0 radical (unpaired) electrons. The standard InChI is InChI=1S/C13H17NO2/c1-9-4-12-13(16-3-2-15-12)6-11(9)5-10-7-14-8-10/h4,6,10,14H,2-3,5,7-8H2,1H3. The second kappa shape index (κ2) is 3.98. The molecule has 1 fully saturated rings. The molecule has 1 aromatic rings. The van der Waals surface area contributed by atoms with Crippen molar-refractivity contribution in [2.45, 2.75) is 13.3 Å². The van der Waals surface area contributed by atoms with Gasteiger partial charge in [-0.1, -0.05) is 0 Å². The van der Waals surface area contributed by atoms with Crippen molar-refractivity contribution in [3.05, 3.63) is 23.3 Å². The second-order valence-electron chi connectivity index (χ2n) is 4.65. The molecule has 86 valence electrons. The average molecular weight is 219 g/mol. The van der Waals surface area contributed by atoms with Crippen molar-refractivity contribution >= 4 is 0 Å². The van der Waals surface area contributed by atoms with Gasteiger partial charge in [-0.3, -0.25) is 0 Å². The Balaban J connectivity index is 1.86. The van der Waals surface area contributed by atoms with Crippen LogP contribution in [0.25, 0.3) is 0 Å². The molecule has 0 saturated carbocycles. The molecule has 3 nitrogen and oxygen atoms in total. The number of ether oxygens (including phenoxy) is 2. The number of rotatable bonds is 2. The van der Waals surface area contributed by atoms with Gasteiger partial charge in [-0.25, -0.2) is 0 Å². The summed E-state index contributed by atoms with van der Waals surface area (Å²) < 4.78 is 11.2. The van der Waals surface area contributed by atoms with Crippen LogP contribution in [-0.2, 0) is 6.42 Å². The summed E-state index contributed by atoms with van der Waals surface area (Å²) in [5, 5.41) is 3.31. The fraction of sp³-hybridized carbons (Fsp3) is 0.538. The molecule has 2 heterocycles. The third kappa shape index (κ3) is 1.76. The molecule has 2 aliphatic heterocycles. The van der Waals surface area contributed by atoms with Crippen molar-refractivity contribution in [2.24, 2.45) is 5.92 Å². The molecule has 16 heavy (non-hydrogen) atoms. The van der Waals surface area contributed by atoms with Gasteiger partial charge in [0.15, 0.2) is 11.5 Å². The van der Waals surface area contributed by atoms with E-state index in [1.54, 1.807) is 0 Å². The lowest BCUT2D eigenvalue weighted by molar-refractivity contribution is 0.171. The molecule has 0 atom stereocenters. The molecular formula is C13H17NO2. The van der Waals surface area contributed by atoms with E-state index >= 15 is 0 Å². The minimum Gasteiger partial charge on any atom is -0.486 e. The maximum Gasteiger partial charge on any atom is 0.161 e. The Hall–Kier alpha value is -1.22. The number of fused-ring (bicyclic) bond motifs is 1. The van der Waals surface area contributed by atoms with Crippen molar-refractivity contribution in [3.8, 4) is 11.5 Å². The van der Waals surface area contributed by atoms with E-state index in [0.29, 0.717) is 13.2 Å². The minimum atomic E-state index is 0.665. The van der Waals surface area contributed by atoms with Gasteiger partial charge in [0.25, 0.3) is 0 Å². The lowest BCUT2D eigenvalue weighted by atomic mass is 9.92. The van der Waals surface area contributed by atoms with Crippen LogP contribution in [0.15, 0.2) is 12.1 Å². The van der Waals surface area contributed by atoms with Gasteiger partial charge in [-0.05, 0) is 55.6 Å². The van der Waals surface area contributed by atoms with Crippen LogP contribution in [-0.4, -0.2) is 26.3 Å². The Bertz CT molecular complexity index is 399. The third-order valence-electron chi connectivity index (χ3n) is 3.38. The summed E-state index contributed by atoms with van der Waals surface area (Å²) >= 11 is 0. The number of benzene rings is 1. The maximum absolute atomic E-state index is 5.61. The Kier molecular flexibility index (Phi) is 2.48. The maximum atomic E-state index is 5.61. The average Bonchev–Trinajstić information content (AvgIpc) is 2.23. The summed E-state index contributed by atoms with van der Waals surface area (Å²) in [5.74, 6) is 2.61. The van der Waals surface area contributed by atoms with Gasteiger partial charge in [0.2, 0.25) is 0 Å². The molecule has 0 aliphatic carbocycles. The quantitative estimate of drug-likeness (QED) is 0.818. The van der Waals surface area contributed by atoms with Crippen LogP contribution < -0.4 is 14.8 Å². The van der Waals surface area contributed by atoms with Crippen LogP contribution in [0.2, 0.25) is 0 Å². The smallest absolute Gasteiger partial charge is 0.161 e. The molecule has 0 bridgehead atoms. The Morgan fingerprint density at radius 3 is 2.50 bits per heavy atom. The van der Waals surface area contributed by atoms with Gasteiger partial charge in [0, 0.05) is 0 Å². The van der Waals surface area contributed by atoms with Crippen LogP contribution in [0.3, 0.4) is 0 Å². The highest BCUT2D eigenvalue weighted by atomic mass is 16.6. The van der Waals surface area contributed by atoms with Crippen molar-refractivity contribution < 1.29 is 9.47 Å². The molecule has 1 N–H and O–H groups in total. The van der Waals surface area contributed by atoms with Crippen molar-refractivity contribution in [3.63, 3.8) is 0 Å². The SMILES string of the molecule is Cc1cc2c(cc1CC1CNC1)OCCO2. The first-order valence-electron chi connectivity index (χ1n) is 5.93. The van der Waals surface area contributed by atoms with Gasteiger partial charge < -0.3 is 14.8 Å². The predicted molar refractivity (Wildman–Crippen MR) is 62.2 cm³/mol. The molecule has 2 aliphatic rings. The van der Waals surface area contributed by atoms with Crippen LogP contribution in [0, 0.1) is 12.8 Å². The number of aryl methyl sites for hydroxylation is 1. The molecule has 3 rings (SSSR count). The monoisotopic (exact) mass is 219 g/mol. The van der Waals surface area contributed by atoms with E-state index in [2.05, 4.69) is 24.4 Å². The first-order valence-corrected chi connectivity index (χ1v) is 5.93. The molecule has 1 saturated heterocycles. The van der Waals surface area contributed by atoms with Crippen LogP contribution >= 0.6 is 0 Å². The second-order valence-corrected chi connectivity index (χ2v) is 4.65. The first-order chi connectivity index (χ1) is 7.83. The highest BCUT2D eigenvalue weighted by Gasteiger charge is 2.20. The van der Waals surface area contributed by atoms with Gasteiger partial charge in [0.05, 0.1) is 0 Å². The van der Waals surface area contributed by atoms with E-state index in [1.807, 2.05) is 0 Å². The van der Waals surface area contributed by atoms with Crippen LogP contribution in [0.4, 0.5) is 0 Å². The summed E-state index contributed by atoms with van der Waals surface area (Å²) in [6.07, 6.45) is 1.15. The minimum absolute atomic E-state index is 0.665. The van der Waals surface area contributed by atoms with Crippen LogP contribution in [0.1, 0.15) is 11.1 Å². The molecule has 0 aromatic heterocycles. The number of nitrogens with one attached hydrogen (secondary N) is 1. The third-order valence-corrected chi connectivity index (χ3v) is 3.38. The molecule has 0 amide bonds. The van der Waals surface area contributed by atoms with Crippen molar-refractivity contribution in [2.75, 3.05) is 26.3 Å². The van der Waals surface area contributed by atoms with Gasteiger partial charge >= 0.3 is 0 Å². The Labute approximate surface area is 95.8 Å². The normalized spacial score (nSPS) is 19.3. The van der Waals surface area contributed by atoms with E-state index in [-0.39, 0.29) is 0 Å². The van der Waals surface area contributed by atoms with E-state index < -0.39 is 0 Å². The van der Waals surface area contributed by atoms with E-state index in [4.69, 9.17) is 9.47 Å². The zero-order chi connectivity index (χ0) is 11.0. The molecule has 1 aromatic carbocycles. The largest absolute Gasteiger partial charge is 0.486 e. The van der Waals surface area contributed by atoms with Crippen LogP contribution in [0.5, 0.6) is 11.5 Å². The lowest BCUT2D eigenvalue weighted by Gasteiger charge is -2.28. The summed E-state index contributed by atoms with van der Waals surface area (Å²) in [7, 11) is 0. The summed E-state index contributed by atoms with van der Waals surface area (Å²) in [6, 6.07) is 4.26. The zero-order valence-corrected chi connectivity index (χ0v) is 9.58. The summed E-state index contributed by atoms with van der Waals surface area (Å²) in [4.78, 5) is 0. The van der Waals surface area contributed by atoms with E-state index in [1.165, 1.54) is 11.1 Å². The van der Waals surface area contributed by atoms with E-state index in [9.17, 15) is 0 Å². The van der Waals surface area contributed by atoms with E-state index in [0.717, 1.165) is 36.9 Å². The molecule has 0 unspecified atom stereocenters. The predicted octanol–water partition coefficient (Wildman–Crippen LogP) is 1.53. The summed E-state index contributed by atoms with van der Waals surface area (Å²) in [6.45, 7) is 5.78. The highest BCUT2D eigenvalue weighted by molar-refractivity contribution is 5.48. The lowest BCUT2D eigenvalue weighted by Crippen LogP contribution is -2.43. The van der Waals surface area contributed by atoms with Gasteiger partial charge in [0.1, 0.15) is 13.2 Å². The number of hydrogen-bond acceptors (Lipinski definition) is 3. The fourth-order valence-electron chi connectivity index (χ4n) is 2.26. The highest BCUT2D eigenvalue weighted by Crippen LogP contribution is 2.34. The Morgan fingerprint density at radius 2 is 1.88 bits per heavy atom. The number of hydrogen-bond donors (Lipinski definition) is 1. The van der Waals surface area contributed by atoms with Crippen molar-refractivity contribution in [1.82, 2.24) is 5.32 Å². The van der Waals surface area contributed by atoms with Gasteiger partial charge in [-0.2, -0.15) is 0 Å². The zero-order valence-electron chi connectivity index (χ0n) is 9.58.